The first-order chi connectivity index (χ1) is 14.3. The van der Waals surface area contributed by atoms with E-state index in [0.29, 0.717) is 12.8 Å². The SMILES string of the molecule is N#CCCSC1=C(SCCC#N)Sc2c(-c3cccs3)sc(-c3cccs3)c2S1. The summed E-state index contributed by atoms with van der Waals surface area (Å²) >= 11 is 12.7. The number of thiophene rings is 3. The van der Waals surface area contributed by atoms with Gasteiger partial charge in [0.05, 0.1) is 30.4 Å². The molecule has 0 saturated heterocycles. The van der Waals surface area contributed by atoms with Crippen LogP contribution in [0.2, 0.25) is 0 Å². The zero-order chi connectivity index (χ0) is 20.1. The Kier molecular flexibility index (Phi) is 7.77. The van der Waals surface area contributed by atoms with Crippen molar-refractivity contribution in [2.24, 2.45) is 0 Å². The van der Waals surface area contributed by atoms with E-state index in [1.54, 1.807) is 46.2 Å². The lowest BCUT2D eigenvalue weighted by molar-refractivity contribution is 1.24. The van der Waals surface area contributed by atoms with E-state index in [2.05, 4.69) is 47.2 Å². The average molecular weight is 507 g/mol. The van der Waals surface area contributed by atoms with Crippen molar-refractivity contribution < 1.29 is 0 Å². The molecular weight excluding hydrogens is 493 g/mol. The van der Waals surface area contributed by atoms with E-state index in [1.807, 2.05) is 34.9 Å². The maximum Gasteiger partial charge on any atom is 0.0655 e. The van der Waals surface area contributed by atoms with E-state index < -0.39 is 0 Å². The molecular formula is C20H14N2S7. The Hall–Kier alpha value is -0.780. The summed E-state index contributed by atoms with van der Waals surface area (Å²) in [6, 6.07) is 13.1. The van der Waals surface area contributed by atoms with E-state index in [1.165, 1.54) is 37.8 Å². The smallest absolute Gasteiger partial charge is 0.0655 e. The third kappa shape index (κ3) is 4.94. The molecule has 0 amide bonds. The van der Waals surface area contributed by atoms with Crippen molar-refractivity contribution in [3.8, 4) is 31.6 Å². The van der Waals surface area contributed by atoms with Gasteiger partial charge >= 0.3 is 0 Å². The molecule has 0 unspecified atom stereocenters. The van der Waals surface area contributed by atoms with Gasteiger partial charge in [0.25, 0.3) is 0 Å². The topological polar surface area (TPSA) is 47.6 Å². The van der Waals surface area contributed by atoms with Crippen LogP contribution in [0.5, 0.6) is 0 Å². The van der Waals surface area contributed by atoms with E-state index in [0.717, 1.165) is 11.5 Å². The maximum absolute atomic E-state index is 8.94. The molecule has 3 aromatic rings. The van der Waals surface area contributed by atoms with Crippen LogP contribution in [0.4, 0.5) is 0 Å². The monoisotopic (exact) mass is 506 g/mol. The summed E-state index contributed by atoms with van der Waals surface area (Å²) in [6.07, 6.45) is 1.09. The number of fused-ring (bicyclic) bond motifs is 1. The molecule has 1 aliphatic heterocycles. The van der Waals surface area contributed by atoms with Crippen LogP contribution < -0.4 is 0 Å². The molecule has 2 nitrogen and oxygen atoms in total. The highest BCUT2D eigenvalue weighted by Crippen LogP contribution is 2.62. The second-order valence-electron chi connectivity index (χ2n) is 5.67. The van der Waals surface area contributed by atoms with Crippen molar-refractivity contribution in [1.29, 1.82) is 10.5 Å². The van der Waals surface area contributed by atoms with Crippen molar-refractivity contribution in [3.63, 3.8) is 0 Å². The Morgan fingerprint density at radius 3 is 1.62 bits per heavy atom. The van der Waals surface area contributed by atoms with Crippen LogP contribution in [0.25, 0.3) is 19.5 Å². The zero-order valence-corrected chi connectivity index (χ0v) is 20.8. The van der Waals surface area contributed by atoms with Crippen LogP contribution in [0.15, 0.2) is 53.3 Å². The summed E-state index contributed by atoms with van der Waals surface area (Å²) < 4.78 is 2.54. The number of nitriles is 2. The highest BCUT2D eigenvalue weighted by Gasteiger charge is 2.30. The van der Waals surface area contributed by atoms with Gasteiger partial charge in [0.2, 0.25) is 0 Å². The number of hydrogen-bond acceptors (Lipinski definition) is 9. The molecule has 4 rings (SSSR count). The first-order valence-electron chi connectivity index (χ1n) is 8.66. The Morgan fingerprint density at radius 2 is 1.24 bits per heavy atom. The molecule has 9 heteroatoms. The van der Waals surface area contributed by atoms with Crippen LogP contribution in [0.3, 0.4) is 0 Å². The van der Waals surface area contributed by atoms with E-state index in [9.17, 15) is 0 Å². The first-order valence-corrected chi connectivity index (χ1v) is 14.8. The van der Waals surface area contributed by atoms with E-state index in [-0.39, 0.29) is 0 Å². The summed E-state index contributed by atoms with van der Waals surface area (Å²) in [7, 11) is 0. The Labute approximate surface area is 199 Å². The van der Waals surface area contributed by atoms with Gasteiger partial charge in [-0.05, 0) is 22.9 Å². The molecule has 0 N–H and O–H groups in total. The maximum atomic E-state index is 8.94. The quantitative estimate of drug-likeness (QED) is 0.284. The van der Waals surface area contributed by atoms with Crippen molar-refractivity contribution in [2.45, 2.75) is 22.6 Å². The molecule has 146 valence electrons. The molecule has 29 heavy (non-hydrogen) atoms. The van der Waals surface area contributed by atoms with Gasteiger partial charge in [-0.25, -0.2) is 0 Å². The van der Waals surface area contributed by atoms with Gasteiger partial charge in [-0.15, -0.1) is 57.5 Å². The van der Waals surface area contributed by atoms with Gasteiger partial charge in [0.15, 0.2) is 0 Å². The molecule has 4 heterocycles. The fraction of sp³-hybridized carbons (Fsp3) is 0.200. The van der Waals surface area contributed by atoms with Gasteiger partial charge in [-0.1, -0.05) is 35.7 Å². The minimum atomic E-state index is 0.546. The molecule has 1 aliphatic rings. The van der Waals surface area contributed by atoms with Crippen LogP contribution in [0, 0.1) is 22.7 Å². The molecule has 0 spiro atoms. The predicted octanol–water partition coefficient (Wildman–Crippen LogP) is 8.82. The zero-order valence-electron chi connectivity index (χ0n) is 15.0. The lowest BCUT2D eigenvalue weighted by Gasteiger charge is -2.20. The van der Waals surface area contributed by atoms with Crippen LogP contribution in [-0.2, 0) is 0 Å². The minimum absolute atomic E-state index is 0.546. The van der Waals surface area contributed by atoms with Gasteiger partial charge in [0.1, 0.15) is 0 Å². The number of nitrogens with zero attached hydrogens (tertiary/aromatic N) is 2. The van der Waals surface area contributed by atoms with Crippen LogP contribution >= 0.6 is 81.1 Å². The summed E-state index contributed by atoms with van der Waals surface area (Å²) in [5.74, 6) is 1.60. The van der Waals surface area contributed by atoms with E-state index >= 15 is 0 Å². The third-order valence-corrected chi connectivity index (χ3v) is 12.9. The Morgan fingerprint density at radius 1 is 0.759 bits per heavy atom. The lowest BCUT2D eigenvalue weighted by Crippen LogP contribution is -1.91. The predicted molar refractivity (Wildman–Crippen MR) is 135 cm³/mol. The lowest BCUT2D eigenvalue weighted by atomic mass is 10.3. The molecule has 0 aromatic carbocycles. The molecule has 0 atom stereocenters. The van der Waals surface area contributed by atoms with Crippen molar-refractivity contribution in [2.75, 3.05) is 11.5 Å². The standard InChI is InChI=1S/C20H14N2S7/c21-7-3-11-25-19-20(26-12-4-8-22)29-18-16(14-6-2-10-24-14)27-15(17(18)28-19)13-5-1-9-23-13/h1-2,5-6,9-10H,3-4,11-12H2. The largest absolute Gasteiger partial charge is 0.198 e. The van der Waals surface area contributed by atoms with Crippen molar-refractivity contribution in [3.05, 3.63) is 43.5 Å². The summed E-state index contributed by atoms with van der Waals surface area (Å²) in [6.45, 7) is 0. The fourth-order valence-corrected chi connectivity index (χ4v) is 11.4. The summed E-state index contributed by atoms with van der Waals surface area (Å²) in [4.78, 5) is 7.99. The molecule has 3 aromatic heterocycles. The average Bonchev–Trinajstić information content (AvgIpc) is 3.48. The van der Waals surface area contributed by atoms with Crippen LogP contribution in [-0.4, -0.2) is 11.5 Å². The fourth-order valence-electron chi connectivity index (χ4n) is 2.55. The first kappa shape index (κ1) is 21.5. The number of rotatable bonds is 8. The molecule has 0 saturated carbocycles. The van der Waals surface area contributed by atoms with Gasteiger partial charge < -0.3 is 0 Å². The summed E-state index contributed by atoms with van der Waals surface area (Å²) in [5, 5.41) is 22.2. The molecule has 0 aliphatic carbocycles. The molecule has 0 bridgehead atoms. The Balaban J connectivity index is 1.74. The number of hydrogen-bond donors (Lipinski definition) is 0. The van der Waals surface area contributed by atoms with E-state index in [4.69, 9.17) is 10.5 Å². The highest BCUT2D eigenvalue weighted by molar-refractivity contribution is 8.29. The Bertz CT molecular complexity index is 995. The van der Waals surface area contributed by atoms with Gasteiger partial charge in [-0.2, -0.15) is 10.5 Å². The van der Waals surface area contributed by atoms with Gasteiger partial charge in [-0.3, -0.25) is 0 Å². The third-order valence-electron chi connectivity index (χ3n) is 3.76. The van der Waals surface area contributed by atoms with Crippen molar-refractivity contribution >= 4 is 81.1 Å². The summed E-state index contributed by atoms with van der Waals surface area (Å²) in [5.41, 5.74) is 0. The second-order valence-corrected chi connectivity index (χ2v) is 13.3. The normalized spacial score (nSPS) is 13.2. The van der Waals surface area contributed by atoms with Gasteiger partial charge in [0, 0.05) is 43.9 Å². The molecule has 0 radical (unpaired) electrons. The highest BCUT2D eigenvalue weighted by atomic mass is 32.2. The minimum Gasteiger partial charge on any atom is -0.198 e. The second kappa shape index (κ2) is 10.5. The molecule has 0 fully saturated rings. The number of thioether (sulfide) groups is 4. The van der Waals surface area contributed by atoms with Crippen molar-refractivity contribution in [1.82, 2.24) is 0 Å². The van der Waals surface area contributed by atoms with Crippen LogP contribution in [0.1, 0.15) is 12.8 Å².